The number of hydrogen-bond donors (Lipinski definition) is 6. The molecule has 0 spiro atoms. The van der Waals surface area contributed by atoms with Gasteiger partial charge in [-0.15, -0.1) is 0 Å². The van der Waals surface area contributed by atoms with E-state index in [1.165, 1.54) is 5.56 Å². The van der Waals surface area contributed by atoms with Crippen LogP contribution >= 0.6 is 0 Å². The number of likely N-dealkylation sites (tertiary alicyclic amines) is 2. The second kappa shape index (κ2) is 17.1. The van der Waals surface area contributed by atoms with Crippen LogP contribution in [0.25, 0.3) is 22.1 Å². The van der Waals surface area contributed by atoms with E-state index in [1.807, 2.05) is 48.1 Å². The molecule has 5 atom stereocenters. The molecule has 5 heterocycles. The number of aromatic nitrogens is 4. The minimum absolute atomic E-state index is 0.0167. The Kier molecular flexibility index (Phi) is 11.8. The van der Waals surface area contributed by atoms with Crippen molar-refractivity contribution in [3.63, 3.8) is 0 Å². The number of nitrogens with zero attached hydrogens (tertiary/aromatic N) is 5. The van der Waals surface area contributed by atoms with Crippen LogP contribution in [0.5, 0.6) is 0 Å². The van der Waals surface area contributed by atoms with Gasteiger partial charge in [-0.25, -0.2) is 19.6 Å². The molecule has 8 rings (SSSR count). The number of anilines is 1. The van der Waals surface area contributed by atoms with Crippen molar-refractivity contribution in [2.24, 2.45) is 5.92 Å². The van der Waals surface area contributed by atoms with Crippen molar-refractivity contribution in [2.75, 3.05) is 18.0 Å². The van der Waals surface area contributed by atoms with Gasteiger partial charge in [0.1, 0.15) is 23.0 Å². The second-order valence-corrected chi connectivity index (χ2v) is 19.6. The van der Waals surface area contributed by atoms with Crippen LogP contribution in [0.15, 0.2) is 83.2 Å². The van der Waals surface area contributed by atoms with Crippen molar-refractivity contribution in [1.82, 2.24) is 40.4 Å². The summed E-state index contributed by atoms with van der Waals surface area (Å²) in [6.07, 6.45) is 1.29. The first-order valence-electron chi connectivity index (χ1n) is 22.6. The van der Waals surface area contributed by atoms with E-state index in [4.69, 9.17) is 9.97 Å². The highest BCUT2D eigenvalue weighted by Gasteiger charge is 2.50. The molecule has 0 radical (unpaired) electrons. The molecule has 3 aliphatic heterocycles. The lowest BCUT2D eigenvalue weighted by atomic mass is 9.80. The minimum Gasteiger partial charge on any atom is -0.465 e. The number of imide groups is 2. The van der Waals surface area contributed by atoms with Crippen molar-refractivity contribution in [2.45, 2.75) is 123 Å². The number of imidazole rings is 2. The third-order valence-corrected chi connectivity index (χ3v) is 13.9. The van der Waals surface area contributed by atoms with E-state index < -0.39 is 29.5 Å². The first-order chi connectivity index (χ1) is 30.8. The van der Waals surface area contributed by atoms with Gasteiger partial charge in [0.05, 0.1) is 45.7 Å². The van der Waals surface area contributed by atoms with Crippen molar-refractivity contribution < 1.29 is 29.4 Å². The molecular weight excluding hydrogens is 823 g/mol. The predicted octanol–water partition coefficient (Wildman–Crippen LogP) is 9.69. The zero-order chi connectivity index (χ0) is 46.7. The maximum atomic E-state index is 13.1. The van der Waals surface area contributed by atoms with Gasteiger partial charge >= 0.3 is 12.2 Å². The lowest BCUT2D eigenvalue weighted by Crippen LogP contribution is -2.43. The number of amides is 4. The molecule has 0 saturated carbocycles. The zero-order valence-electron chi connectivity index (χ0n) is 38.8. The van der Waals surface area contributed by atoms with Crippen LogP contribution in [-0.2, 0) is 20.5 Å². The maximum absolute atomic E-state index is 13.1. The van der Waals surface area contributed by atoms with Gasteiger partial charge in [0.15, 0.2) is 0 Å². The zero-order valence-corrected chi connectivity index (χ0v) is 38.8. The van der Waals surface area contributed by atoms with Crippen LogP contribution < -0.4 is 15.5 Å². The molecule has 4 amide bonds. The molecule has 3 aliphatic rings. The summed E-state index contributed by atoms with van der Waals surface area (Å²) in [4.78, 5) is 73.0. The number of aromatic amines is 2. The number of benzene rings is 3. The molecule has 65 heavy (non-hydrogen) atoms. The van der Waals surface area contributed by atoms with E-state index in [0.29, 0.717) is 24.5 Å². The van der Waals surface area contributed by atoms with Crippen molar-refractivity contribution in [3.8, 4) is 0 Å². The highest BCUT2D eigenvalue weighted by Crippen LogP contribution is 2.55. The topological polar surface area (TPSA) is 200 Å². The lowest BCUT2D eigenvalue weighted by molar-refractivity contribution is -0.119. The Balaban J connectivity index is 1.16. The van der Waals surface area contributed by atoms with E-state index in [0.717, 1.165) is 93.8 Å². The number of allylic oxidation sites excluding steroid dienone is 2. The Morgan fingerprint density at radius 2 is 1.20 bits per heavy atom. The summed E-state index contributed by atoms with van der Waals surface area (Å²) in [7, 11) is 0. The average Bonchev–Trinajstić information content (AvgIpc) is 4.07. The van der Waals surface area contributed by atoms with Gasteiger partial charge in [-0.3, -0.25) is 20.2 Å². The van der Waals surface area contributed by atoms with E-state index in [9.17, 15) is 29.4 Å². The Morgan fingerprint density at radius 1 is 0.708 bits per heavy atom. The Morgan fingerprint density at radius 3 is 1.68 bits per heavy atom. The summed E-state index contributed by atoms with van der Waals surface area (Å²) in [5.74, 6) is 0.399. The van der Waals surface area contributed by atoms with E-state index in [2.05, 4.69) is 110 Å². The van der Waals surface area contributed by atoms with Crippen LogP contribution in [0.3, 0.4) is 0 Å². The second-order valence-electron chi connectivity index (χ2n) is 19.6. The molecule has 342 valence electrons. The average molecular weight is 884 g/mol. The van der Waals surface area contributed by atoms with Gasteiger partial charge in [-0.05, 0) is 142 Å². The van der Waals surface area contributed by atoms with Crippen LogP contribution in [-0.4, -0.2) is 77.0 Å². The quantitative estimate of drug-likeness (QED) is 0.0770. The number of hydrogen-bond acceptors (Lipinski definition) is 9. The van der Waals surface area contributed by atoms with Gasteiger partial charge in [-0.1, -0.05) is 52.0 Å². The standard InChI is InChI=1S/C50H61N9O6/c1-27(2)41(45(60)55-47(62)63)57-22-10-12-38(57)43-51-34-20-14-30(25-36(34)53-43)40-24-29(5)50(9,59(40)33-18-15-31(16-19-33)49(6,7)8)32-17-21-35-37(26-32)54-44(52-35)39-13-11-23-58(39)42(28(3)4)46(61)56-48(64)65/h14-21,25-26,29,38-40H,10-13,22-24H2,1-9H3,(H,51,53)(H,52,54)(H,55,60)(H,56,61)(H,62,63)(H,64,65)/t29?,38?,39?,40-,50-/m0/s1. The number of H-pyrrole nitrogens is 2. The predicted molar refractivity (Wildman–Crippen MR) is 250 cm³/mol. The van der Waals surface area contributed by atoms with E-state index >= 15 is 0 Å². The van der Waals surface area contributed by atoms with E-state index in [-0.39, 0.29) is 29.5 Å². The fourth-order valence-electron chi connectivity index (χ4n) is 10.7. The fraction of sp³-hybridized carbons (Fsp3) is 0.440. The summed E-state index contributed by atoms with van der Waals surface area (Å²) in [5.41, 5.74) is 9.70. The molecule has 3 unspecified atom stereocenters. The lowest BCUT2D eigenvalue weighted by Gasteiger charge is -2.43. The highest BCUT2D eigenvalue weighted by atomic mass is 16.4. The minimum atomic E-state index is -1.39. The molecule has 5 aromatic rings. The number of carbonyl (C=O) groups excluding carboxylic acids is 2. The summed E-state index contributed by atoms with van der Waals surface area (Å²) in [6, 6.07) is 21.4. The molecular formula is C50H61N9O6. The van der Waals surface area contributed by atoms with Gasteiger partial charge in [0.25, 0.3) is 11.8 Å². The normalized spacial score (nSPS) is 22.1. The molecule has 3 saturated heterocycles. The number of carboxylic acid groups (broad SMARTS) is 2. The first-order valence-corrected chi connectivity index (χ1v) is 22.6. The number of carbonyl (C=O) groups is 4. The van der Waals surface area contributed by atoms with Gasteiger partial charge in [-0.2, -0.15) is 0 Å². The monoisotopic (exact) mass is 883 g/mol. The number of fused-ring (bicyclic) bond motifs is 2. The fourth-order valence-corrected chi connectivity index (χ4v) is 10.7. The molecule has 0 bridgehead atoms. The van der Waals surface area contributed by atoms with E-state index in [1.54, 1.807) is 0 Å². The highest BCUT2D eigenvalue weighted by molar-refractivity contribution is 6.02. The SMILES string of the molecule is CC(C)=C(C(=O)NC(=O)O)N1CCCC1c1nc2cc([C@@H]3CC(C)[C@@](C)(c4ccc5[nH]c(C6CCCN6C(C(=O)NC(=O)O)=C(C)C)nc5c4)N3c3ccc(C(C)(C)C)cc3)ccc2[nH]1. The maximum Gasteiger partial charge on any atom is 0.411 e. The van der Waals surface area contributed by atoms with Crippen LogP contribution in [0.4, 0.5) is 15.3 Å². The molecule has 2 aromatic heterocycles. The Labute approximate surface area is 379 Å². The summed E-state index contributed by atoms with van der Waals surface area (Å²) in [5, 5.41) is 22.7. The van der Waals surface area contributed by atoms with Crippen molar-refractivity contribution in [1.29, 1.82) is 0 Å². The third-order valence-electron chi connectivity index (χ3n) is 13.9. The Bertz CT molecular complexity index is 2750. The molecule has 3 fully saturated rings. The largest absolute Gasteiger partial charge is 0.465 e. The Hall–Kier alpha value is -6.64. The van der Waals surface area contributed by atoms with Gasteiger partial charge in [0, 0.05) is 18.8 Å². The van der Waals surface area contributed by atoms with Crippen LogP contribution in [0.2, 0.25) is 0 Å². The molecule has 0 aliphatic carbocycles. The first kappa shape index (κ1) is 44.9. The van der Waals surface area contributed by atoms with Gasteiger partial charge < -0.3 is 34.9 Å². The van der Waals surface area contributed by atoms with Gasteiger partial charge in [0.2, 0.25) is 0 Å². The summed E-state index contributed by atoms with van der Waals surface area (Å²) >= 11 is 0. The third kappa shape index (κ3) is 8.32. The van der Waals surface area contributed by atoms with Crippen LogP contribution in [0, 0.1) is 5.92 Å². The number of rotatable bonds is 9. The molecule has 15 heteroatoms. The summed E-state index contributed by atoms with van der Waals surface area (Å²) in [6.45, 7) is 19.8. The number of nitrogens with one attached hydrogen (secondary N) is 4. The summed E-state index contributed by atoms with van der Waals surface area (Å²) < 4.78 is 0. The molecule has 3 aromatic carbocycles. The van der Waals surface area contributed by atoms with Crippen molar-refractivity contribution in [3.05, 3.63) is 112 Å². The smallest absolute Gasteiger partial charge is 0.411 e. The molecule has 15 nitrogen and oxygen atoms in total. The van der Waals surface area contributed by atoms with Crippen molar-refractivity contribution >= 4 is 51.8 Å². The van der Waals surface area contributed by atoms with Crippen LogP contribution in [0.1, 0.15) is 141 Å². The molecule has 6 N–H and O–H groups in total.